The summed E-state index contributed by atoms with van der Waals surface area (Å²) in [4.78, 5) is 2.50. The molecule has 2 rings (SSSR count). The van der Waals surface area contributed by atoms with Gasteiger partial charge in [-0.05, 0) is 38.9 Å². The number of rotatable bonds is 5. The van der Waals surface area contributed by atoms with Crippen LogP contribution in [-0.4, -0.2) is 39.8 Å². The SMILES string of the molecule is Clc1nsnc1NCCCN1CCCC1. The van der Waals surface area contributed by atoms with Crippen LogP contribution in [0.25, 0.3) is 0 Å². The predicted molar refractivity (Wildman–Crippen MR) is 63.7 cm³/mol. The van der Waals surface area contributed by atoms with Gasteiger partial charge in [-0.25, -0.2) is 0 Å². The number of halogens is 1. The molecule has 0 amide bonds. The van der Waals surface area contributed by atoms with E-state index in [0.29, 0.717) is 5.15 Å². The summed E-state index contributed by atoms with van der Waals surface area (Å²) in [5, 5.41) is 3.68. The molecule has 1 aliphatic heterocycles. The average Bonchev–Trinajstić information content (AvgIpc) is 2.85. The minimum absolute atomic E-state index is 0.487. The molecule has 0 spiro atoms. The lowest BCUT2D eigenvalue weighted by Gasteiger charge is -2.13. The van der Waals surface area contributed by atoms with Crippen molar-refractivity contribution in [3.05, 3.63) is 5.15 Å². The van der Waals surface area contributed by atoms with Gasteiger partial charge in [0.25, 0.3) is 0 Å². The van der Waals surface area contributed by atoms with E-state index in [1.807, 2.05) is 0 Å². The Morgan fingerprint density at radius 2 is 2.13 bits per heavy atom. The molecule has 1 aromatic heterocycles. The number of nitrogens with one attached hydrogen (secondary N) is 1. The molecule has 4 nitrogen and oxygen atoms in total. The first-order chi connectivity index (χ1) is 7.36. The van der Waals surface area contributed by atoms with Crippen LogP contribution in [-0.2, 0) is 0 Å². The number of nitrogens with zero attached hydrogens (tertiary/aromatic N) is 3. The van der Waals surface area contributed by atoms with Crippen LogP contribution in [0.15, 0.2) is 0 Å². The summed E-state index contributed by atoms with van der Waals surface area (Å²) < 4.78 is 7.95. The molecule has 84 valence electrons. The molecule has 2 heterocycles. The van der Waals surface area contributed by atoms with E-state index in [1.165, 1.54) is 32.5 Å². The van der Waals surface area contributed by atoms with E-state index in [0.717, 1.165) is 30.5 Å². The minimum Gasteiger partial charge on any atom is -0.367 e. The smallest absolute Gasteiger partial charge is 0.186 e. The highest BCUT2D eigenvalue weighted by atomic mass is 35.5. The number of hydrogen-bond donors (Lipinski definition) is 1. The molecule has 1 N–H and O–H groups in total. The molecular formula is C9H15ClN4S. The van der Waals surface area contributed by atoms with Gasteiger partial charge in [0, 0.05) is 6.54 Å². The Balaban J connectivity index is 1.60. The normalized spacial score (nSPS) is 17.1. The van der Waals surface area contributed by atoms with Crippen LogP contribution in [0.3, 0.4) is 0 Å². The van der Waals surface area contributed by atoms with E-state index in [4.69, 9.17) is 11.6 Å². The summed E-state index contributed by atoms with van der Waals surface area (Å²) in [5.41, 5.74) is 0. The van der Waals surface area contributed by atoms with Gasteiger partial charge in [-0.1, -0.05) is 11.6 Å². The van der Waals surface area contributed by atoms with Gasteiger partial charge >= 0.3 is 0 Å². The summed E-state index contributed by atoms with van der Waals surface area (Å²) in [7, 11) is 0. The first kappa shape index (κ1) is 11.1. The molecule has 0 atom stereocenters. The summed E-state index contributed by atoms with van der Waals surface area (Å²) in [6.45, 7) is 4.61. The molecule has 6 heteroatoms. The highest BCUT2D eigenvalue weighted by Gasteiger charge is 2.10. The lowest BCUT2D eigenvalue weighted by atomic mass is 10.4. The molecule has 15 heavy (non-hydrogen) atoms. The quantitative estimate of drug-likeness (QED) is 0.808. The van der Waals surface area contributed by atoms with Crippen molar-refractivity contribution in [1.82, 2.24) is 13.6 Å². The van der Waals surface area contributed by atoms with E-state index < -0.39 is 0 Å². The van der Waals surface area contributed by atoms with Crippen molar-refractivity contribution in [2.24, 2.45) is 0 Å². The van der Waals surface area contributed by atoms with Crippen LogP contribution >= 0.6 is 23.3 Å². The van der Waals surface area contributed by atoms with Gasteiger partial charge in [0.1, 0.15) is 0 Å². The third-order valence-corrected chi connectivity index (χ3v) is 3.48. The van der Waals surface area contributed by atoms with Gasteiger partial charge in [0.05, 0.1) is 11.7 Å². The Kier molecular flexibility index (Phi) is 4.17. The average molecular weight is 247 g/mol. The topological polar surface area (TPSA) is 41.1 Å². The van der Waals surface area contributed by atoms with Gasteiger partial charge in [0.15, 0.2) is 11.0 Å². The molecule has 0 saturated carbocycles. The fourth-order valence-corrected chi connectivity index (χ4v) is 2.48. The Morgan fingerprint density at radius 1 is 1.33 bits per heavy atom. The summed E-state index contributed by atoms with van der Waals surface area (Å²) in [6.07, 6.45) is 3.85. The maximum absolute atomic E-state index is 5.81. The zero-order valence-corrected chi connectivity index (χ0v) is 10.2. The maximum atomic E-state index is 5.81. The summed E-state index contributed by atoms with van der Waals surface area (Å²) in [5.74, 6) is 0.725. The van der Waals surface area contributed by atoms with Gasteiger partial charge in [-0.15, -0.1) is 0 Å². The van der Waals surface area contributed by atoms with Crippen LogP contribution in [0.2, 0.25) is 5.15 Å². The molecule has 0 bridgehead atoms. The fraction of sp³-hybridized carbons (Fsp3) is 0.778. The van der Waals surface area contributed by atoms with Crippen molar-refractivity contribution in [3.8, 4) is 0 Å². The number of likely N-dealkylation sites (tertiary alicyclic amines) is 1. The first-order valence-corrected chi connectivity index (χ1v) is 6.41. The van der Waals surface area contributed by atoms with Gasteiger partial charge in [-0.3, -0.25) is 0 Å². The second-order valence-corrected chi connectivity index (χ2v) is 4.62. The van der Waals surface area contributed by atoms with Crippen molar-refractivity contribution in [3.63, 3.8) is 0 Å². The van der Waals surface area contributed by atoms with E-state index in [9.17, 15) is 0 Å². The predicted octanol–water partition coefficient (Wildman–Crippen LogP) is 2.09. The highest BCUT2D eigenvalue weighted by molar-refractivity contribution is 6.99. The zero-order chi connectivity index (χ0) is 10.5. The van der Waals surface area contributed by atoms with Crippen molar-refractivity contribution < 1.29 is 0 Å². The summed E-state index contributed by atoms with van der Waals surface area (Å²) >= 11 is 6.95. The Labute approximate surface area is 99.0 Å². The van der Waals surface area contributed by atoms with E-state index in [2.05, 4.69) is 19.0 Å². The minimum atomic E-state index is 0.487. The Hall–Kier alpha value is -0.390. The van der Waals surface area contributed by atoms with Crippen molar-refractivity contribution >= 4 is 29.1 Å². The largest absolute Gasteiger partial charge is 0.367 e. The Morgan fingerprint density at radius 3 is 2.80 bits per heavy atom. The third kappa shape index (κ3) is 3.29. The van der Waals surface area contributed by atoms with E-state index >= 15 is 0 Å². The second kappa shape index (κ2) is 5.63. The molecule has 1 saturated heterocycles. The molecule has 1 fully saturated rings. The van der Waals surface area contributed by atoms with E-state index in [-0.39, 0.29) is 0 Å². The zero-order valence-electron chi connectivity index (χ0n) is 8.58. The monoisotopic (exact) mass is 246 g/mol. The van der Waals surface area contributed by atoms with Gasteiger partial charge in [-0.2, -0.15) is 8.75 Å². The van der Waals surface area contributed by atoms with E-state index in [1.54, 1.807) is 0 Å². The molecule has 0 radical (unpaired) electrons. The third-order valence-electron chi connectivity index (χ3n) is 2.59. The molecule has 0 aromatic carbocycles. The number of anilines is 1. The van der Waals surface area contributed by atoms with Crippen LogP contribution in [0.5, 0.6) is 0 Å². The highest BCUT2D eigenvalue weighted by Crippen LogP contribution is 2.17. The standard InChI is InChI=1S/C9H15ClN4S/c10-8-9(13-15-12-8)11-4-3-7-14-5-1-2-6-14/h1-7H2,(H,11,13). The Bertz CT molecular complexity index is 298. The van der Waals surface area contributed by atoms with Gasteiger partial charge < -0.3 is 10.2 Å². The lowest BCUT2D eigenvalue weighted by Crippen LogP contribution is -2.22. The van der Waals surface area contributed by atoms with Crippen molar-refractivity contribution in [2.45, 2.75) is 19.3 Å². The van der Waals surface area contributed by atoms with Crippen molar-refractivity contribution in [1.29, 1.82) is 0 Å². The number of aromatic nitrogens is 2. The summed E-state index contributed by atoms with van der Waals surface area (Å²) in [6, 6.07) is 0. The molecule has 1 aliphatic rings. The van der Waals surface area contributed by atoms with Crippen LogP contribution in [0.4, 0.5) is 5.82 Å². The van der Waals surface area contributed by atoms with Crippen molar-refractivity contribution in [2.75, 3.05) is 31.5 Å². The second-order valence-electron chi connectivity index (χ2n) is 3.73. The van der Waals surface area contributed by atoms with Crippen LogP contribution in [0.1, 0.15) is 19.3 Å². The van der Waals surface area contributed by atoms with Crippen LogP contribution < -0.4 is 5.32 Å². The maximum Gasteiger partial charge on any atom is 0.186 e. The van der Waals surface area contributed by atoms with Gasteiger partial charge in [0.2, 0.25) is 0 Å². The lowest BCUT2D eigenvalue weighted by molar-refractivity contribution is 0.337. The molecule has 0 unspecified atom stereocenters. The number of hydrogen-bond acceptors (Lipinski definition) is 5. The fourth-order valence-electron chi connectivity index (χ4n) is 1.80. The molecule has 0 aliphatic carbocycles. The molecule has 1 aromatic rings. The van der Waals surface area contributed by atoms with Crippen LogP contribution in [0, 0.1) is 0 Å². The molecular weight excluding hydrogens is 232 g/mol. The first-order valence-electron chi connectivity index (χ1n) is 5.30.